The van der Waals surface area contributed by atoms with E-state index in [0.29, 0.717) is 5.82 Å². The van der Waals surface area contributed by atoms with Gasteiger partial charge in [-0.15, -0.1) is 0 Å². The van der Waals surface area contributed by atoms with Crippen LogP contribution in [0.3, 0.4) is 0 Å². The predicted molar refractivity (Wildman–Crippen MR) is 217 cm³/mol. The van der Waals surface area contributed by atoms with E-state index >= 15 is 0 Å². The van der Waals surface area contributed by atoms with E-state index in [1.54, 1.807) is 0 Å². The average Bonchev–Trinajstić information content (AvgIpc) is 3.85. The molecule has 4 nitrogen and oxygen atoms in total. The third-order valence-electron chi connectivity index (χ3n) is 11.0. The summed E-state index contributed by atoms with van der Waals surface area (Å²) in [6, 6.07) is 61.1. The molecule has 0 amide bonds. The van der Waals surface area contributed by atoms with Crippen LogP contribution >= 0.6 is 0 Å². The highest BCUT2D eigenvalue weighted by molar-refractivity contribution is 6.34. The van der Waals surface area contributed by atoms with E-state index in [2.05, 4.69) is 179 Å². The van der Waals surface area contributed by atoms with Gasteiger partial charge in [-0.1, -0.05) is 121 Å². The Kier molecular flexibility index (Phi) is 5.47. The molecule has 4 aromatic heterocycles. The Hall–Kier alpha value is -7.04. The van der Waals surface area contributed by atoms with Gasteiger partial charge in [-0.05, 0) is 70.4 Å². The molecule has 0 spiro atoms. The topological polar surface area (TPSA) is 35.1 Å². The summed E-state index contributed by atoms with van der Waals surface area (Å²) in [4.78, 5) is 10.6. The van der Waals surface area contributed by atoms with Crippen molar-refractivity contribution >= 4 is 81.6 Å². The van der Waals surface area contributed by atoms with Crippen molar-refractivity contribution in [3.8, 4) is 28.3 Å². The SMILES string of the molecule is c1ccc(-c2ccc3c(c2)c2cc4c5ccccc5n(-c5nc(-c6ccc7ccccc7c6)nc6ccccc56)c4c4c5ccccc5n3c24)cc1. The molecule has 8 aromatic carbocycles. The minimum Gasteiger partial charge on any atom is -0.308 e. The van der Waals surface area contributed by atoms with Gasteiger partial charge in [0, 0.05) is 43.3 Å². The molecule has 0 N–H and O–H groups in total. The van der Waals surface area contributed by atoms with E-state index < -0.39 is 0 Å². The summed E-state index contributed by atoms with van der Waals surface area (Å²) >= 11 is 0. The lowest BCUT2D eigenvalue weighted by Crippen LogP contribution is -2.03. The van der Waals surface area contributed by atoms with Gasteiger partial charge in [0.2, 0.25) is 0 Å². The fourth-order valence-corrected chi connectivity index (χ4v) is 8.73. The van der Waals surface area contributed by atoms with Crippen LogP contribution in [-0.2, 0) is 0 Å². The molecule has 0 fully saturated rings. The fraction of sp³-hybridized carbons (Fsp3) is 0. The van der Waals surface area contributed by atoms with Crippen LogP contribution in [0.1, 0.15) is 0 Å². The Bertz CT molecular complexity index is 3410. The van der Waals surface area contributed by atoms with Crippen molar-refractivity contribution in [2.45, 2.75) is 0 Å². The van der Waals surface area contributed by atoms with Crippen LogP contribution in [0, 0.1) is 0 Å². The van der Waals surface area contributed by atoms with E-state index in [0.717, 1.165) is 27.8 Å². The Morgan fingerprint density at radius 2 is 1.04 bits per heavy atom. The Morgan fingerprint density at radius 1 is 0.365 bits per heavy atom. The minimum atomic E-state index is 0.714. The highest BCUT2D eigenvalue weighted by atomic mass is 15.1. The van der Waals surface area contributed by atoms with Crippen LogP contribution in [0.5, 0.6) is 0 Å². The van der Waals surface area contributed by atoms with Gasteiger partial charge in [0.25, 0.3) is 0 Å². The van der Waals surface area contributed by atoms with Gasteiger partial charge < -0.3 is 4.40 Å². The fourth-order valence-electron chi connectivity index (χ4n) is 8.73. The molecule has 0 unspecified atom stereocenters. The molecule has 0 aliphatic carbocycles. The highest BCUT2D eigenvalue weighted by Gasteiger charge is 2.26. The number of para-hydroxylation sites is 3. The number of benzene rings is 8. The second-order valence-electron chi connectivity index (χ2n) is 13.8. The predicted octanol–water partition coefficient (Wildman–Crippen LogP) is 12.4. The van der Waals surface area contributed by atoms with Crippen LogP contribution in [0.2, 0.25) is 0 Å². The molecule has 240 valence electrons. The second kappa shape index (κ2) is 10.3. The minimum absolute atomic E-state index is 0.714. The smallest absolute Gasteiger partial charge is 0.162 e. The van der Waals surface area contributed by atoms with Crippen LogP contribution in [0.4, 0.5) is 0 Å². The maximum absolute atomic E-state index is 5.48. The molecule has 52 heavy (non-hydrogen) atoms. The molecule has 0 saturated carbocycles. The Balaban J connectivity index is 1.25. The van der Waals surface area contributed by atoms with Crippen molar-refractivity contribution in [3.05, 3.63) is 170 Å². The third-order valence-corrected chi connectivity index (χ3v) is 11.0. The molecule has 4 heteroatoms. The zero-order valence-corrected chi connectivity index (χ0v) is 28.0. The monoisotopic (exact) mass is 660 g/mol. The van der Waals surface area contributed by atoms with E-state index in [1.807, 2.05) is 0 Å². The van der Waals surface area contributed by atoms with Crippen molar-refractivity contribution in [1.82, 2.24) is 18.9 Å². The molecule has 0 radical (unpaired) electrons. The second-order valence-corrected chi connectivity index (χ2v) is 13.8. The summed E-state index contributed by atoms with van der Waals surface area (Å²) in [7, 11) is 0. The normalized spacial score (nSPS) is 12.2. The Labute approximate surface area is 297 Å². The van der Waals surface area contributed by atoms with E-state index in [1.165, 1.54) is 76.3 Å². The van der Waals surface area contributed by atoms with Gasteiger partial charge >= 0.3 is 0 Å². The molecule has 0 atom stereocenters. The average molecular weight is 661 g/mol. The van der Waals surface area contributed by atoms with Crippen molar-refractivity contribution in [3.63, 3.8) is 0 Å². The lowest BCUT2D eigenvalue weighted by molar-refractivity contribution is 1.08. The largest absolute Gasteiger partial charge is 0.308 e. The van der Waals surface area contributed by atoms with Gasteiger partial charge in [0.1, 0.15) is 5.82 Å². The van der Waals surface area contributed by atoms with Crippen LogP contribution in [-0.4, -0.2) is 18.9 Å². The number of aromatic nitrogens is 4. The maximum atomic E-state index is 5.48. The first kappa shape index (κ1) is 27.7. The van der Waals surface area contributed by atoms with E-state index in [-0.39, 0.29) is 0 Å². The molecule has 4 heterocycles. The lowest BCUT2D eigenvalue weighted by Gasteiger charge is -2.13. The van der Waals surface area contributed by atoms with Gasteiger partial charge in [-0.25, -0.2) is 9.97 Å². The maximum Gasteiger partial charge on any atom is 0.162 e. The van der Waals surface area contributed by atoms with E-state index in [9.17, 15) is 0 Å². The number of hydrogen-bond donors (Lipinski definition) is 0. The summed E-state index contributed by atoms with van der Waals surface area (Å²) in [5, 5.41) is 10.8. The summed E-state index contributed by atoms with van der Waals surface area (Å²) in [5.41, 5.74) is 10.3. The van der Waals surface area contributed by atoms with Gasteiger partial charge in [-0.2, -0.15) is 0 Å². The third kappa shape index (κ3) is 3.70. The molecule has 0 saturated heterocycles. The zero-order chi connectivity index (χ0) is 33.9. The van der Waals surface area contributed by atoms with Crippen LogP contribution in [0.15, 0.2) is 170 Å². The highest BCUT2D eigenvalue weighted by Crippen LogP contribution is 2.47. The van der Waals surface area contributed by atoms with Crippen LogP contribution < -0.4 is 0 Å². The Morgan fingerprint density at radius 3 is 1.92 bits per heavy atom. The van der Waals surface area contributed by atoms with Gasteiger partial charge in [0.05, 0.1) is 33.1 Å². The number of nitrogens with zero attached hydrogens (tertiary/aromatic N) is 4. The standard InChI is InChI=1S/C48H28N4/c1-2-12-29(13-3-1)32-24-25-43-37(27-32)39-28-38-34-16-7-10-20-41(34)52(46(38)44-36-18-8-11-21-42(36)51(43)45(39)44)48-35-17-6-9-19-40(35)49-47(50-48)33-23-22-30-14-4-5-15-31(30)26-33/h1-28H. The van der Waals surface area contributed by atoms with Crippen molar-refractivity contribution in [2.75, 3.05) is 0 Å². The van der Waals surface area contributed by atoms with Crippen LogP contribution in [0.25, 0.3) is 110 Å². The number of fused-ring (bicyclic) bond motifs is 12. The molecule has 12 rings (SSSR count). The van der Waals surface area contributed by atoms with Crippen molar-refractivity contribution in [2.24, 2.45) is 0 Å². The molecular weight excluding hydrogens is 633 g/mol. The van der Waals surface area contributed by atoms with Crippen molar-refractivity contribution < 1.29 is 0 Å². The van der Waals surface area contributed by atoms with E-state index in [4.69, 9.17) is 9.97 Å². The lowest BCUT2D eigenvalue weighted by atomic mass is 10.00. The number of hydrogen-bond acceptors (Lipinski definition) is 2. The molecule has 0 bridgehead atoms. The molecule has 12 aromatic rings. The van der Waals surface area contributed by atoms with Gasteiger partial charge in [-0.3, -0.25) is 4.57 Å². The zero-order valence-electron chi connectivity index (χ0n) is 28.0. The number of rotatable bonds is 3. The quantitative estimate of drug-likeness (QED) is 0.189. The summed E-state index contributed by atoms with van der Waals surface area (Å²) in [6.07, 6.45) is 0. The molecule has 0 aliphatic rings. The summed E-state index contributed by atoms with van der Waals surface area (Å²) in [6.45, 7) is 0. The summed E-state index contributed by atoms with van der Waals surface area (Å²) in [5.74, 6) is 1.60. The first-order valence-corrected chi connectivity index (χ1v) is 17.8. The first-order valence-electron chi connectivity index (χ1n) is 17.8. The summed E-state index contributed by atoms with van der Waals surface area (Å²) < 4.78 is 4.89. The molecular formula is C48H28N4. The van der Waals surface area contributed by atoms with Crippen molar-refractivity contribution in [1.29, 1.82) is 0 Å². The molecule has 0 aliphatic heterocycles. The van der Waals surface area contributed by atoms with Gasteiger partial charge in [0.15, 0.2) is 5.82 Å². The first-order chi connectivity index (χ1) is 25.8.